The van der Waals surface area contributed by atoms with Gasteiger partial charge in [-0.15, -0.1) is 0 Å². The zero-order chi connectivity index (χ0) is 10.1. The minimum Gasteiger partial charge on any atom is -0.396 e. The van der Waals surface area contributed by atoms with Gasteiger partial charge in [-0.1, -0.05) is 0 Å². The fourth-order valence-corrected chi connectivity index (χ4v) is 1.39. The summed E-state index contributed by atoms with van der Waals surface area (Å²) >= 11 is 0. The number of hydrogen-bond acceptors (Lipinski definition) is 4. The van der Waals surface area contributed by atoms with E-state index in [-0.39, 0.29) is 6.61 Å². The van der Waals surface area contributed by atoms with Crippen LogP contribution in [0.1, 0.15) is 17.7 Å². The van der Waals surface area contributed by atoms with Crippen molar-refractivity contribution >= 4 is 5.95 Å². The summed E-state index contributed by atoms with van der Waals surface area (Å²) < 4.78 is 0. The molecule has 4 nitrogen and oxygen atoms in total. The number of aromatic nitrogens is 2. The Labute approximate surface area is 83.4 Å². The molecule has 0 bridgehead atoms. The SMILES string of the molecule is Cc1cnc(N[C@@H]2C[C@H]2CO)nc1C. The monoisotopic (exact) mass is 193 g/mol. The Morgan fingerprint density at radius 3 is 2.93 bits per heavy atom. The Morgan fingerprint density at radius 2 is 2.36 bits per heavy atom. The molecule has 2 atom stereocenters. The zero-order valence-corrected chi connectivity index (χ0v) is 8.49. The van der Waals surface area contributed by atoms with Crippen molar-refractivity contribution in [2.24, 2.45) is 5.92 Å². The van der Waals surface area contributed by atoms with Gasteiger partial charge >= 0.3 is 0 Å². The van der Waals surface area contributed by atoms with Gasteiger partial charge < -0.3 is 10.4 Å². The van der Waals surface area contributed by atoms with E-state index in [0.717, 1.165) is 17.7 Å². The van der Waals surface area contributed by atoms with Crippen LogP contribution in [0.25, 0.3) is 0 Å². The maximum Gasteiger partial charge on any atom is 0.223 e. The van der Waals surface area contributed by atoms with Crippen molar-refractivity contribution in [2.45, 2.75) is 26.3 Å². The Kier molecular flexibility index (Phi) is 2.37. The van der Waals surface area contributed by atoms with Gasteiger partial charge in [0.15, 0.2) is 0 Å². The van der Waals surface area contributed by atoms with Crippen LogP contribution in [0.3, 0.4) is 0 Å². The summed E-state index contributed by atoms with van der Waals surface area (Å²) in [7, 11) is 0. The summed E-state index contributed by atoms with van der Waals surface area (Å²) in [5.41, 5.74) is 2.11. The number of anilines is 1. The van der Waals surface area contributed by atoms with Crippen LogP contribution >= 0.6 is 0 Å². The summed E-state index contributed by atoms with van der Waals surface area (Å²) in [4.78, 5) is 8.50. The van der Waals surface area contributed by atoms with Crippen LogP contribution in [0.4, 0.5) is 5.95 Å². The molecule has 0 saturated heterocycles. The van der Waals surface area contributed by atoms with Crippen LogP contribution in [-0.4, -0.2) is 27.7 Å². The van der Waals surface area contributed by atoms with Crippen LogP contribution in [0, 0.1) is 19.8 Å². The Balaban J connectivity index is 2.00. The van der Waals surface area contributed by atoms with Crippen LogP contribution in [0.15, 0.2) is 6.20 Å². The van der Waals surface area contributed by atoms with Crippen molar-refractivity contribution in [3.05, 3.63) is 17.5 Å². The molecule has 0 amide bonds. The van der Waals surface area contributed by atoms with E-state index in [1.807, 2.05) is 20.0 Å². The highest BCUT2D eigenvalue weighted by Crippen LogP contribution is 2.31. The molecule has 0 unspecified atom stereocenters. The third kappa shape index (κ3) is 1.85. The average Bonchev–Trinajstić information content (AvgIpc) is 2.90. The van der Waals surface area contributed by atoms with E-state index in [1.165, 1.54) is 0 Å². The zero-order valence-electron chi connectivity index (χ0n) is 8.49. The lowest BCUT2D eigenvalue weighted by molar-refractivity contribution is 0.275. The topological polar surface area (TPSA) is 58.0 Å². The lowest BCUT2D eigenvalue weighted by atomic mass is 10.3. The third-order valence-electron chi connectivity index (χ3n) is 2.70. The molecular weight excluding hydrogens is 178 g/mol. The Hall–Kier alpha value is -1.16. The van der Waals surface area contributed by atoms with E-state index in [2.05, 4.69) is 15.3 Å². The van der Waals surface area contributed by atoms with Gasteiger partial charge in [0.1, 0.15) is 0 Å². The molecule has 0 aromatic carbocycles. The highest BCUT2D eigenvalue weighted by Gasteiger charge is 2.36. The van der Waals surface area contributed by atoms with Gasteiger partial charge in [0.05, 0.1) is 0 Å². The number of hydrogen-bond donors (Lipinski definition) is 2. The van der Waals surface area contributed by atoms with E-state index in [9.17, 15) is 0 Å². The van der Waals surface area contributed by atoms with E-state index >= 15 is 0 Å². The van der Waals surface area contributed by atoms with E-state index in [1.54, 1.807) is 0 Å². The highest BCUT2D eigenvalue weighted by molar-refractivity contribution is 5.32. The van der Waals surface area contributed by atoms with Gasteiger partial charge in [0, 0.05) is 30.5 Å². The van der Waals surface area contributed by atoms with Crippen molar-refractivity contribution in [3.8, 4) is 0 Å². The number of rotatable bonds is 3. The normalized spacial score (nSPS) is 24.8. The predicted molar refractivity (Wildman–Crippen MR) is 54.1 cm³/mol. The number of nitrogens with zero attached hydrogens (tertiary/aromatic N) is 2. The van der Waals surface area contributed by atoms with Crippen molar-refractivity contribution in [2.75, 3.05) is 11.9 Å². The number of aliphatic hydroxyl groups is 1. The first kappa shape index (κ1) is 9.40. The smallest absolute Gasteiger partial charge is 0.223 e. The minimum atomic E-state index is 0.252. The molecule has 0 radical (unpaired) electrons. The summed E-state index contributed by atoms with van der Waals surface area (Å²) in [6, 6.07) is 0.363. The fraction of sp³-hybridized carbons (Fsp3) is 0.600. The van der Waals surface area contributed by atoms with Gasteiger partial charge in [-0.25, -0.2) is 9.97 Å². The molecule has 1 heterocycles. The van der Waals surface area contributed by atoms with E-state index < -0.39 is 0 Å². The second-order valence-electron chi connectivity index (χ2n) is 3.89. The van der Waals surface area contributed by atoms with Crippen LogP contribution in [0.2, 0.25) is 0 Å². The van der Waals surface area contributed by atoms with Crippen molar-refractivity contribution in [1.82, 2.24) is 9.97 Å². The largest absolute Gasteiger partial charge is 0.396 e. The van der Waals surface area contributed by atoms with E-state index in [0.29, 0.717) is 17.9 Å². The molecule has 1 fully saturated rings. The number of aryl methyl sites for hydroxylation is 2. The predicted octanol–water partition coefficient (Wildman–Crippen LogP) is 0.886. The molecule has 2 rings (SSSR count). The quantitative estimate of drug-likeness (QED) is 0.748. The molecular formula is C10H15N3O. The number of aliphatic hydroxyl groups excluding tert-OH is 1. The van der Waals surface area contributed by atoms with Crippen molar-refractivity contribution in [3.63, 3.8) is 0 Å². The Morgan fingerprint density at radius 1 is 1.57 bits per heavy atom. The van der Waals surface area contributed by atoms with Crippen LogP contribution in [-0.2, 0) is 0 Å². The Bertz CT molecular complexity index is 340. The summed E-state index contributed by atoms with van der Waals surface area (Å²) in [6.07, 6.45) is 2.84. The molecule has 2 N–H and O–H groups in total. The van der Waals surface area contributed by atoms with Gasteiger partial charge in [-0.05, 0) is 25.8 Å². The van der Waals surface area contributed by atoms with Crippen LogP contribution < -0.4 is 5.32 Å². The molecule has 0 spiro atoms. The maximum absolute atomic E-state index is 8.87. The first-order valence-corrected chi connectivity index (χ1v) is 4.88. The molecule has 14 heavy (non-hydrogen) atoms. The fourth-order valence-electron chi connectivity index (χ4n) is 1.39. The number of nitrogens with one attached hydrogen (secondary N) is 1. The van der Waals surface area contributed by atoms with Gasteiger partial charge in [-0.3, -0.25) is 0 Å². The summed E-state index contributed by atoms with van der Waals surface area (Å²) in [6.45, 7) is 4.22. The van der Waals surface area contributed by atoms with Gasteiger partial charge in [0.25, 0.3) is 0 Å². The lowest BCUT2D eigenvalue weighted by Gasteiger charge is -2.05. The lowest BCUT2D eigenvalue weighted by Crippen LogP contribution is -2.10. The first-order chi connectivity index (χ1) is 6.70. The average molecular weight is 193 g/mol. The van der Waals surface area contributed by atoms with Crippen LogP contribution in [0.5, 0.6) is 0 Å². The summed E-state index contributed by atoms with van der Waals surface area (Å²) in [5, 5.41) is 12.1. The molecule has 1 aliphatic carbocycles. The van der Waals surface area contributed by atoms with E-state index in [4.69, 9.17) is 5.11 Å². The third-order valence-corrected chi connectivity index (χ3v) is 2.70. The maximum atomic E-state index is 8.87. The molecule has 0 aliphatic heterocycles. The first-order valence-electron chi connectivity index (χ1n) is 4.88. The second-order valence-corrected chi connectivity index (χ2v) is 3.89. The minimum absolute atomic E-state index is 0.252. The van der Waals surface area contributed by atoms with Crippen molar-refractivity contribution in [1.29, 1.82) is 0 Å². The van der Waals surface area contributed by atoms with Gasteiger partial charge in [0.2, 0.25) is 5.95 Å². The molecule has 1 aromatic heterocycles. The summed E-state index contributed by atoms with van der Waals surface area (Å²) in [5.74, 6) is 1.06. The van der Waals surface area contributed by atoms with Crippen molar-refractivity contribution < 1.29 is 5.11 Å². The van der Waals surface area contributed by atoms with Gasteiger partial charge in [-0.2, -0.15) is 0 Å². The highest BCUT2D eigenvalue weighted by atomic mass is 16.3. The molecule has 1 saturated carbocycles. The molecule has 4 heteroatoms. The molecule has 1 aliphatic rings. The standard InChI is InChI=1S/C10H15N3O/c1-6-4-11-10(12-7(6)2)13-9-3-8(9)5-14/h4,8-9,14H,3,5H2,1-2H3,(H,11,12,13)/t8-,9+/m0/s1. The second kappa shape index (κ2) is 3.53. The molecule has 76 valence electrons. The molecule has 1 aromatic rings.